The summed E-state index contributed by atoms with van der Waals surface area (Å²) in [6, 6.07) is 13.2. The lowest BCUT2D eigenvalue weighted by molar-refractivity contribution is -0.148. The first-order valence-electron chi connectivity index (χ1n) is 9.84. The third-order valence-electron chi connectivity index (χ3n) is 4.68. The number of carbonyl (C=O) groups excluding carboxylic acids is 2. The monoisotopic (exact) mass is 413 g/mol. The molecule has 30 heavy (non-hydrogen) atoms. The second-order valence-corrected chi connectivity index (χ2v) is 6.89. The van der Waals surface area contributed by atoms with Gasteiger partial charge in [0.25, 0.3) is 5.91 Å². The average Bonchev–Trinajstić information content (AvgIpc) is 3.02. The lowest BCUT2D eigenvalue weighted by Crippen LogP contribution is -2.29. The van der Waals surface area contributed by atoms with Crippen molar-refractivity contribution in [2.45, 2.75) is 39.4 Å². The van der Waals surface area contributed by atoms with Crippen molar-refractivity contribution in [1.29, 1.82) is 0 Å². The molecule has 0 bridgehead atoms. The van der Waals surface area contributed by atoms with Gasteiger partial charge >= 0.3 is 11.7 Å². The first-order chi connectivity index (χ1) is 14.5. The van der Waals surface area contributed by atoms with E-state index in [1.807, 2.05) is 31.2 Å². The average molecular weight is 413 g/mol. The van der Waals surface area contributed by atoms with Crippen LogP contribution in [-0.2, 0) is 34.0 Å². The van der Waals surface area contributed by atoms with Crippen molar-refractivity contribution in [3.8, 4) is 0 Å². The summed E-state index contributed by atoms with van der Waals surface area (Å²) in [5.41, 5.74) is 2.17. The summed E-state index contributed by atoms with van der Waals surface area (Å²) in [5, 5.41) is 2.60. The summed E-state index contributed by atoms with van der Waals surface area (Å²) in [7, 11) is 0. The number of hydrogen-bond donors (Lipinski definition) is 1. The Kier molecular flexibility index (Phi) is 7.00. The van der Waals surface area contributed by atoms with Crippen molar-refractivity contribution < 1.29 is 18.7 Å². The number of amides is 1. The number of hydrogen-bond acceptors (Lipinski definition) is 4. The Labute approximate surface area is 173 Å². The van der Waals surface area contributed by atoms with E-state index in [1.165, 1.54) is 12.1 Å². The van der Waals surface area contributed by atoms with Crippen LogP contribution in [0.2, 0.25) is 0 Å². The molecule has 1 amide bonds. The number of aromatic nitrogens is 2. The van der Waals surface area contributed by atoms with Gasteiger partial charge < -0.3 is 10.1 Å². The van der Waals surface area contributed by atoms with E-state index in [-0.39, 0.29) is 31.0 Å². The SMILES string of the molecule is CCCn1c(=O)n(CCC(=O)OCC(=O)NCc2ccc(F)cc2)c2ccccc21. The van der Waals surface area contributed by atoms with Crippen molar-refractivity contribution in [2.75, 3.05) is 6.61 Å². The Morgan fingerprint density at radius 1 is 1.00 bits per heavy atom. The van der Waals surface area contributed by atoms with Gasteiger partial charge in [0.05, 0.1) is 17.5 Å². The number of para-hydroxylation sites is 2. The third kappa shape index (κ3) is 5.14. The van der Waals surface area contributed by atoms with E-state index in [1.54, 1.807) is 21.3 Å². The maximum absolute atomic E-state index is 12.9. The second-order valence-electron chi connectivity index (χ2n) is 6.89. The van der Waals surface area contributed by atoms with Crippen LogP contribution in [0.5, 0.6) is 0 Å². The zero-order valence-corrected chi connectivity index (χ0v) is 16.8. The highest BCUT2D eigenvalue weighted by atomic mass is 19.1. The van der Waals surface area contributed by atoms with Crippen LogP contribution < -0.4 is 11.0 Å². The van der Waals surface area contributed by atoms with Gasteiger partial charge in [-0.2, -0.15) is 0 Å². The van der Waals surface area contributed by atoms with Crippen LogP contribution in [0.3, 0.4) is 0 Å². The number of ether oxygens (including phenoxy) is 1. The number of carbonyl (C=O) groups is 2. The molecule has 0 fully saturated rings. The molecule has 0 aliphatic heterocycles. The van der Waals surface area contributed by atoms with Gasteiger partial charge in [-0.3, -0.25) is 18.7 Å². The zero-order chi connectivity index (χ0) is 21.5. The molecule has 1 N–H and O–H groups in total. The first-order valence-corrected chi connectivity index (χ1v) is 9.84. The second kappa shape index (κ2) is 9.87. The van der Waals surface area contributed by atoms with Crippen LogP contribution in [0.4, 0.5) is 4.39 Å². The number of nitrogens with one attached hydrogen (secondary N) is 1. The lowest BCUT2D eigenvalue weighted by Gasteiger charge is -2.07. The fourth-order valence-corrected chi connectivity index (χ4v) is 3.20. The van der Waals surface area contributed by atoms with Crippen molar-refractivity contribution >= 4 is 22.9 Å². The molecule has 3 aromatic rings. The van der Waals surface area contributed by atoms with Crippen molar-refractivity contribution in [3.63, 3.8) is 0 Å². The quantitative estimate of drug-likeness (QED) is 0.547. The molecule has 0 saturated carbocycles. The third-order valence-corrected chi connectivity index (χ3v) is 4.68. The van der Waals surface area contributed by atoms with E-state index in [2.05, 4.69) is 5.32 Å². The molecule has 3 rings (SSSR count). The Morgan fingerprint density at radius 3 is 2.27 bits per heavy atom. The summed E-state index contributed by atoms with van der Waals surface area (Å²) in [4.78, 5) is 36.6. The van der Waals surface area contributed by atoms with Gasteiger partial charge in [0.2, 0.25) is 0 Å². The summed E-state index contributed by atoms with van der Waals surface area (Å²) in [6.07, 6.45) is 0.800. The molecule has 0 unspecified atom stereocenters. The van der Waals surface area contributed by atoms with Gasteiger partial charge in [0, 0.05) is 19.6 Å². The highest BCUT2D eigenvalue weighted by Crippen LogP contribution is 2.13. The van der Waals surface area contributed by atoms with Gasteiger partial charge in [-0.25, -0.2) is 9.18 Å². The van der Waals surface area contributed by atoms with Crippen molar-refractivity contribution in [3.05, 3.63) is 70.4 Å². The van der Waals surface area contributed by atoms with E-state index in [4.69, 9.17) is 4.74 Å². The normalized spacial score (nSPS) is 10.9. The maximum atomic E-state index is 12.9. The number of nitrogens with zero attached hydrogens (tertiary/aromatic N) is 2. The number of rotatable bonds is 9. The van der Waals surface area contributed by atoms with Crippen LogP contribution in [0.1, 0.15) is 25.3 Å². The Balaban J connectivity index is 1.51. The predicted molar refractivity (Wildman–Crippen MR) is 110 cm³/mol. The van der Waals surface area contributed by atoms with E-state index >= 15 is 0 Å². The molecule has 8 heteroatoms. The van der Waals surface area contributed by atoms with E-state index < -0.39 is 18.5 Å². The molecular formula is C22H24FN3O4. The van der Waals surface area contributed by atoms with Crippen LogP contribution in [0, 0.1) is 5.82 Å². The van der Waals surface area contributed by atoms with Crippen molar-refractivity contribution in [1.82, 2.24) is 14.5 Å². The van der Waals surface area contributed by atoms with Crippen LogP contribution in [-0.4, -0.2) is 27.6 Å². The first kappa shape index (κ1) is 21.3. The Bertz CT molecular complexity index is 1090. The Hall–Kier alpha value is -3.42. The summed E-state index contributed by atoms with van der Waals surface area (Å²) in [6.45, 7) is 2.57. The summed E-state index contributed by atoms with van der Waals surface area (Å²) in [5.74, 6) is -1.37. The fourth-order valence-electron chi connectivity index (χ4n) is 3.20. The lowest BCUT2D eigenvalue weighted by atomic mass is 10.2. The highest BCUT2D eigenvalue weighted by molar-refractivity contribution is 5.80. The van der Waals surface area contributed by atoms with Gasteiger partial charge in [-0.15, -0.1) is 0 Å². The standard InChI is InChI=1S/C22H24FN3O4/c1-2-12-25-18-5-3-4-6-19(18)26(22(25)29)13-11-21(28)30-15-20(27)24-14-16-7-9-17(23)10-8-16/h3-10H,2,11-15H2,1H3,(H,24,27). The molecule has 2 aromatic carbocycles. The van der Waals surface area contributed by atoms with Crippen LogP contribution in [0.25, 0.3) is 11.0 Å². The smallest absolute Gasteiger partial charge is 0.329 e. The minimum absolute atomic E-state index is 0.0225. The minimum atomic E-state index is -0.564. The molecule has 158 valence electrons. The van der Waals surface area contributed by atoms with Crippen LogP contribution in [0.15, 0.2) is 53.3 Å². The summed E-state index contributed by atoms with van der Waals surface area (Å²) < 4.78 is 21.1. The number of fused-ring (bicyclic) bond motifs is 1. The maximum Gasteiger partial charge on any atom is 0.329 e. The van der Waals surface area contributed by atoms with E-state index in [0.29, 0.717) is 6.54 Å². The molecule has 0 atom stereocenters. The molecule has 1 heterocycles. The molecule has 7 nitrogen and oxygen atoms in total. The van der Waals surface area contributed by atoms with Crippen molar-refractivity contribution in [2.24, 2.45) is 0 Å². The molecule has 0 saturated heterocycles. The van der Waals surface area contributed by atoms with Gasteiger partial charge in [0.15, 0.2) is 6.61 Å². The minimum Gasteiger partial charge on any atom is -0.456 e. The molecule has 0 aliphatic rings. The van der Waals surface area contributed by atoms with Gasteiger partial charge in [0.1, 0.15) is 5.82 Å². The summed E-state index contributed by atoms with van der Waals surface area (Å²) >= 11 is 0. The zero-order valence-electron chi connectivity index (χ0n) is 16.8. The van der Waals surface area contributed by atoms with Gasteiger partial charge in [-0.05, 0) is 36.2 Å². The molecule has 0 aliphatic carbocycles. The fraction of sp³-hybridized carbons (Fsp3) is 0.318. The number of benzene rings is 2. The van der Waals surface area contributed by atoms with Gasteiger partial charge in [-0.1, -0.05) is 31.2 Å². The molecule has 0 spiro atoms. The van der Waals surface area contributed by atoms with E-state index in [9.17, 15) is 18.8 Å². The van der Waals surface area contributed by atoms with Crippen LogP contribution >= 0.6 is 0 Å². The topological polar surface area (TPSA) is 82.3 Å². The predicted octanol–water partition coefficient (Wildman–Crippen LogP) is 2.60. The molecule has 0 radical (unpaired) electrons. The highest BCUT2D eigenvalue weighted by Gasteiger charge is 2.14. The number of imidazole rings is 1. The molecule has 1 aromatic heterocycles. The Morgan fingerprint density at radius 2 is 1.63 bits per heavy atom. The number of esters is 1. The van der Waals surface area contributed by atoms with E-state index in [0.717, 1.165) is 23.0 Å². The number of aryl methyl sites for hydroxylation is 2. The number of halogens is 1. The molecular weight excluding hydrogens is 389 g/mol. The largest absolute Gasteiger partial charge is 0.456 e.